The summed E-state index contributed by atoms with van der Waals surface area (Å²) in [7, 11) is 0. The Labute approximate surface area is 148 Å². The molecule has 1 aliphatic heterocycles. The lowest BCUT2D eigenvalue weighted by Gasteiger charge is -2.25. The summed E-state index contributed by atoms with van der Waals surface area (Å²) in [6.45, 7) is 8.62. The number of hydrogen-bond donors (Lipinski definition) is 1. The Balaban J connectivity index is 2.22. The van der Waals surface area contributed by atoms with E-state index in [0.717, 1.165) is 0 Å². The lowest BCUT2D eigenvalue weighted by Crippen LogP contribution is -2.32. The lowest BCUT2D eigenvalue weighted by atomic mass is 9.95. The normalized spacial score (nSPS) is 18.1. The zero-order valence-corrected chi connectivity index (χ0v) is 15.3. The van der Waals surface area contributed by atoms with Crippen molar-refractivity contribution in [3.63, 3.8) is 0 Å². The average molecular weight is 349 g/mol. The van der Waals surface area contributed by atoms with Gasteiger partial charge in [0.2, 0.25) is 0 Å². The first kappa shape index (κ1) is 19.2. The number of nitrogens with zero attached hydrogens (tertiary/aromatic N) is 1. The summed E-state index contributed by atoms with van der Waals surface area (Å²) in [5.74, 6) is -0.596. The minimum atomic E-state index is -0.673. The SMILES string of the molecule is CC(C)CC(=O)C1=C(O)C(=O)N(CCCOC(C)C)C1c1ccco1. The van der Waals surface area contributed by atoms with E-state index < -0.39 is 17.7 Å². The van der Waals surface area contributed by atoms with Crippen molar-refractivity contribution in [3.05, 3.63) is 35.5 Å². The molecule has 1 aromatic rings. The number of ketones is 1. The predicted molar refractivity (Wildman–Crippen MR) is 93.0 cm³/mol. The maximum absolute atomic E-state index is 12.6. The molecule has 0 fully saturated rings. The van der Waals surface area contributed by atoms with Gasteiger partial charge in [-0.05, 0) is 38.3 Å². The van der Waals surface area contributed by atoms with E-state index in [1.807, 2.05) is 27.7 Å². The van der Waals surface area contributed by atoms with Gasteiger partial charge in [-0.25, -0.2) is 0 Å². The van der Waals surface area contributed by atoms with Crippen LogP contribution >= 0.6 is 0 Å². The highest BCUT2D eigenvalue weighted by Gasteiger charge is 2.44. The second kappa shape index (κ2) is 8.34. The number of carbonyl (C=O) groups excluding carboxylic acids is 2. The summed E-state index contributed by atoms with van der Waals surface area (Å²) in [5.41, 5.74) is 0.137. The topological polar surface area (TPSA) is 80.0 Å². The summed E-state index contributed by atoms with van der Waals surface area (Å²) in [6.07, 6.45) is 2.50. The number of ether oxygens (including phenoxy) is 1. The molecule has 1 N–H and O–H groups in total. The summed E-state index contributed by atoms with van der Waals surface area (Å²) in [4.78, 5) is 26.6. The molecule has 138 valence electrons. The number of furan rings is 1. The third-order valence-electron chi connectivity index (χ3n) is 4.00. The van der Waals surface area contributed by atoms with Crippen LogP contribution in [0.4, 0.5) is 0 Å². The first-order chi connectivity index (χ1) is 11.8. The Morgan fingerprint density at radius 1 is 1.36 bits per heavy atom. The first-order valence-corrected chi connectivity index (χ1v) is 8.75. The maximum Gasteiger partial charge on any atom is 0.290 e. The minimum Gasteiger partial charge on any atom is -0.503 e. The lowest BCUT2D eigenvalue weighted by molar-refractivity contribution is -0.129. The average Bonchev–Trinajstić information content (AvgIpc) is 3.12. The van der Waals surface area contributed by atoms with Gasteiger partial charge in [0.25, 0.3) is 5.91 Å². The van der Waals surface area contributed by atoms with E-state index in [2.05, 4.69) is 0 Å². The van der Waals surface area contributed by atoms with Crippen molar-refractivity contribution in [3.8, 4) is 0 Å². The van der Waals surface area contributed by atoms with Crippen LogP contribution in [0.1, 0.15) is 52.3 Å². The molecule has 0 radical (unpaired) electrons. The van der Waals surface area contributed by atoms with Crippen molar-refractivity contribution >= 4 is 11.7 Å². The number of aliphatic hydroxyl groups excluding tert-OH is 1. The van der Waals surface area contributed by atoms with Crippen LogP contribution in [0.3, 0.4) is 0 Å². The van der Waals surface area contributed by atoms with Crippen molar-refractivity contribution in [2.75, 3.05) is 13.2 Å². The molecular weight excluding hydrogens is 322 g/mol. The molecule has 1 amide bonds. The van der Waals surface area contributed by atoms with Crippen LogP contribution in [0.15, 0.2) is 34.1 Å². The monoisotopic (exact) mass is 349 g/mol. The third-order valence-corrected chi connectivity index (χ3v) is 4.00. The van der Waals surface area contributed by atoms with Gasteiger partial charge in [-0.3, -0.25) is 9.59 Å². The van der Waals surface area contributed by atoms with Gasteiger partial charge in [0.15, 0.2) is 11.5 Å². The number of hydrogen-bond acceptors (Lipinski definition) is 5. The molecule has 0 aliphatic carbocycles. The number of Topliss-reactive ketones (excluding diaryl/α,β-unsaturated/α-hetero) is 1. The van der Waals surface area contributed by atoms with Crippen LogP contribution in [-0.4, -0.2) is 41.0 Å². The minimum absolute atomic E-state index is 0.116. The second-order valence-electron chi connectivity index (χ2n) is 6.97. The van der Waals surface area contributed by atoms with E-state index >= 15 is 0 Å². The Morgan fingerprint density at radius 2 is 2.08 bits per heavy atom. The zero-order valence-electron chi connectivity index (χ0n) is 15.3. The van der Waals surface area contributed by atoms with Gasteiger partial charge in [-0.15, -0.1) is 0 Å². The molecule has 25 heavy (non-hydrogen) atoms. The van der Waals surface area contributed by atoms with Crippen LogP contribution in [-0.2, 0) is 14.3 Å². The van der Waals surface area contributed by atoms with Gasteiger partial charge in [-0.1, -0.05) is 13.8 Å². The van der Waals surface area contributed by atoms with Gasteiger partial charge in [0.1, 0.15) is 11.8 Å². The highest BCUT2D eigenvalue weighted by molar-refractivity contribution is 6.08. The van der Waals surface area contributed by atoms with Crippen molar-refractivity contribution in [1.82, 2.24) is 4.90 Å². The van der Waals surface area contributed by atoms with Crippen LogP contribution in [0, 0.1) is 5.92 Å². The second-order valence-corrected chi connectivity index (χ2v) is 6.97. The fourth-order valence-electron chi connectivity index (χ4n) is 2.95. The summed E-state index contributed by atoms with van der Waals surface area (Å²) < 4.78 is 11.0. The smallest absolute Gasteiger partial charge is 0.290 e. The maximum atomic E-state index is 12.6. The Hall–Kier alpha value is -2.08. The van der Waals surface area contributed by atoms with E-state index in [-0.39, 0.29) is 29.8 Å². The Morgan fingerprint density at radius 3 is 2.64 bits per heavy atom. The van der Waals surface area contributed by atoms with Gasteiger partial charge >= 0.3 is 0 Å². The molecule has 2 rings (SSSR count). The van der Waals surface area contributed by atoms with Crippen LogP contribution in [0.2, 0.25) is 0 Å². The molecule has 0 spiro atoms. The van der Waals surface area contributed by atoms with Crippen molar-refractivity contribution < 1.29 is 23.8 Å². The van der Waals surface area contributed by atoms with Crippen LogP contribution in [0.5, 0.6) is 0 Å². The molecule has 1 aromatic heterocycles. The Bertz CT molecular complexity index is 630. The summed E-state index contributed by atoms with van der Waals surface area (Å²) in [6, 6.07) is 2.75. The third kappa shape index (κ3) is 4.51. The number of rotatable bonds is 9. The molecule has 1 unspecified atom stereocenters. The van der Waals surface area contributed by atoms with E-state index in [0.29, 0.717) is 25.3 Å². The number of carbonyl (C=O) groups is 2. The zero-order chi connectivity index (χ0) is 18.6. The summed E-state index contributed by atoms with van der Waals surface area (Å²) >= 11 is 0. The highest BCUT2D eigenvalue weighted by atomic mass is 16.5. The van der Waals surface area contributed by atoms with Crippen molar-refractivity contribution in [1.29, 1.82) is 0 Å². The molecule has 0 aromatic carbocycles. The van der Waals surface area contributed by atoms with E-state index in [9.17, 15) is 14.7 Å². The quantitative estimate of drug-likeness (QED) is 0.691. The standard InChI is InChI=1S/C19H27NO5/c1-12(2)11-14(21)16-17(15-7-5-9-25-15)20(19(23)18(16)22)8-6-10-24-13(3)4/h5,7,9,12-13,17,22H,6,8,10-11H2,1-4H3. The molecule has 0 bridgehead atoms. The van der Waals surface area contributed by atoms with Gasteiger partial charge in [0.05, 0.1) is 17.9 Å². The molecule has 1 atom stereocenters. The van der Waals surface area contributed by atoms with Gasteiger partial charge in [0, 0.05) is 19.6 Å². The van der Waals surface area contributed by atoms with Crippen LogP contribution < -0.4 is 0 Å². The highest BCUT2D eigenvalue weighted by Crippen LogP contribution is 2.38. The van der Waals surface area contributed by atoms with E-state index in [4.69, 9.17) is 9.15 Å². The molecule has 0 saturated carbocycles. The van der Waals surface area contributed by atoms with E-state index in [1.165, 1.54) is 11.2 Å². The van der Waals surface area contributed by atoms with Crippen molar-refractivity contribution in [2.45, 2.75) is 52.7 Å². The van der Waals surface area contributed by atoms with Gasteiger partial charge in [-0.2, -0.15) is 0 Å². The first-order valence-electron chi connectivity index (χ1n) is 8.75. The molecule has 6 nitrogen and oxygen atoms in total. The largest absolute Gasteiger partial charge is 0.503 e. The fraction of sp³-hybridized carbons (Fsp3) is 0.579. The van der Waals surface area contributed by atoms with Crippen molar-refractivity contribution in [2.24, 2.45) is 5.92 Å². The molecule has 0 saturated heterocycles. The van der Waals surface area contributed by atoms with Gasteiger partial charge < -0.3 is 19.2 Å². The molecule has 1 aliphatic rings. The molecular formula is C19H27NO5. The molecule has 2 heterocycles. The van der Waals surface area contributed by atoms with E-state index in [1.54, 1.807) is 12.1 Å². The fourth-order valence-corrected chi connectivity index (χ4v) is 2.95. The predicted octanol–water partition coefficient (Wildman–Crippen LogP) is 3.41. The van der Waals surface area contributed by atoms with Crippen LogP contribution in [0.25, 0.3) is 0 Å². The Kier molecular flexibility index (Phi) is 6.42. The summed E-state index contributed by atoms with van der Waals surface area (Å²) in [5, 5.41) is 10.3. The number of aliphatic hydroxyl groups is 1. The number of amides is 1. The molecule has 6 heteroatoms.